The molecule has 0 aliphatic carbocycles. The molecule has 0 amide bonds. The van der Waals surface area contributed by atoms with Gasteiger partial charge in [-0.1, -0.05) is 328 Å². The molecule has 0 bridgehead atoms. The van der Waals surface area contributed by atoms with E-state index in [9.17, 15) is 14.4 Å². The summed E-state index contributed by atoms with van der Waals surface area (Å²) in [7, 11) is 0. The number of esters is 3. The smallest absolute Gasteiger partial charge is 0.306 e. The zero-order chi connectivity index (χ0) is 52.9. The molecule has 6 nitrogen and oxygen atoms in total. The molecule has 0 radical (unpaired) electrons. The third-order valence-corrected chi connectivity index (χ3v) is 15.3. The Balaban J connectivity index is 4.17. The summed E-state index contributed by atoms with van der Waals surface area (Å²) in [5.41, 5.74) is 0. The Kier molecular flexibility index (Phi) is 61.1. The molecule has 0 fully saturated rings. The van der Waals surface area contributed by atoms with E-state index in [2.05, 4.69) is 32.9 Å². The van der Waals surface area contributed by atoms with Gasteiger partial charge >= 0.3 is 17.9 Å². The number of carbonyl (C=O) groups excluding carboxylic acids is 3. The minimum absolute atomic E-state index is 0.0653. The second kappa shape index (κ2) is 62.7. The summed E-state index contributed by atoms with van der Waals surface area (Å²) in [5, 5.41) is 0. The number of rotatable bonds is 62. The lowest BCUT2D eigenvalue weighted by Crippen LogP contribution is -2.30. The maximum atomic E-state index is 12.9. The molecule has 0 saturated heterocycles. The summed E-state index contributed by atoms with van der Waals surface area (Å²) in [6.45, 7) is 6.70. The maximum Gasteiger partial charge on any atom is 0.306 e. The van der Waals surface area contributed by atoms with Crippen LogP contribution in [-0.4, -0.2) is 37.2 Å². The van der Waals surface area contributed by atoms with Crippen molar-refractivity contribution in [2.45, 2.75) is 386 Å². The van der Waals surface area contributed by atoms with Gasteiger partial charge in [0.15, 0.2) is 6.10 Å². The predicted octanol–water partition coefficient (Wildman–Crippen LogP) is 22.4. The lowest BCUT2D eigenvalue weighted by Gasteiger charge is -2.18. The summed E-state index contributed by atoms with van der Waals surface area (Å²) in [4.78, 5) is 38.3. The van der Waals surface area contributed by atoms with Crippen LogP contribution in [0.4, 0.5) is 0 Å². The largest absolute Gasteiger partial charge is 0.462 e. The van der Waals surface area contributed by atoms with Crippen LogP contribution in [0.15, 0.2) is 12.2 Å². The van der Waals surface area contributed by atoms with Gasteiger partial charge in [0.25, 0.3) is 0 Å². The first kappa shape index (κ1) is 71.2. The number of unbranched alkanes of at least 4 members (excludes halogenated alkanes) is 49. The average molecular weight is 1030 g/mol. The van der Waals surface area contributed by atoms with E-state index in [1.54, 1.807) is 0 Å². The molecule has 0 heterocycles. The molecular formula is C67H128O6. The Bertz CT molecular complexity index is 1130. The number of ether oxygens (including phenoxy) is 3. The van der Waals surface area contributed by atoms with Crippen molar-refractivity contribution in [1.29, 1.82) is 0 Å². The first-order valence-electron chi connectivity index (χ1n) is 33.2. The number of hydrogen-bond acceptors (Lipinski definition) is 6. The molecule has 6 heteroatoms. The molecule has 1 atom stereocenters. The van der Waals surface area contributed by atoms with Crippen LogP contribution in [-0.2, 0) is 28.6 Å². The summed E-state index contributed by atoms with van der Waals surface area (Å²) < 4.78 is 16.9. The summed E-state index contributed by atoms with van der Waals surface area (Å²) in [6, 6.07) is 0. The fourth-order valence-corrected chi connectivity index (χ4v) is 10.3. The van der Waals surface area contributed by atoms with E-state index in [1.807, 2.05) is 0 Å². The van der Waals surface area contributed by atoms with E-state index in [4.69, 9.17) is 14.2 Å². The van der Waals surface area contributed by atoms with Crippen molar-refractivity contribution in [2.75, 3.05) is 13.2 Å². The van der Waals surface area contributed by atoms with E-state index >= 15 is 0 Å². The van der Waals surface area contributed by atoms with Crippen molar-refractivity contribution in [3.63, 3.8) is 0 Å². The van der Waals surface area contributed by atoms with Gasteiger partial charge in [-0.3, -0.25) is 14.4 Å². The Morgan fingerprint density at radius 2 is 0.452 bits per heavy atom. The van der Waals surface area contributed by atoms with Gasteiger partial charge in [0.05, 0.1) is 0 Å². The lowest BCUT2D eigenvalue weighted by molar-refractivity contribution is -0.167. The molecule has 0 saturated carbocycles. The minimum atomic E-state index is -0.767. The van der Waals surface area contributed by atoms with Crippen molar-refractivity contribution in [2.24, 2.45) is 0 Å². The Morgan fingerprint density at radius 3 is 0.685 bits per heavy atom. The topological polar surface area (TPSA) is 78.9 Å². The molecule has 0 aromatic heterocycles. The molecule has 0 aromatic rings. The summed E-state index contributed by atoms with van der Waals surface area (Å²) in [6.07, 6.45) is 73.8. The van der Waals surface area contributed by atoms with Crippen LogP contribution in [0, 0.1) is 0 Å². The molecule has 0 spiro atoms. The highest BCUT2D eigenvalue weighted by Crippen LogP contribution is 2.18. The first-order valence-corrected chi connectivity index (χ1v) is 33.2. The molecule has 0 aliphatic heterocycles. The van der Waals surface area contributed by atoms with Gasteiger partial charge in [-0.15, -0.1) is 0 Å². The third kappa shape index (κ3) is 60.9. The van der Waals surface area contributed by atoms with E-state index in [1.165, 1.54) is 283 Å². The zero-order valence-electron chi connectivity index (χ0n) is 49.7. The normalized spacial score (nSPS) is 12.0. The minimum Gasteiger partial charge on any atom is -0.462 e. The van der Waals surface area contributed by atoms with E-state index in [0.29, 0.717) is 19.3 Å². The molecule has 0 rings (SSSR count). The van der Waals surface area contributed by atoms with Gasteiger partial charge in [-0.2, -0.15) is 0 Å². The van der Waals surface area contributed by atoms with E-state index in [0.717, 1.165) is 57.8 Å². The highest BCUT2D eigenvalue weighted by molar-refractivity contribution is 5.71. The Morgan fingerprint density at radius 1 is 0.260 bits per heavy atom. The quantitative estimate of drug-likeness (QED) is 0.0261. The van der Waals surface area contributed by atoms with Crippen LogP contribution in [0.2, 0.25) is 0 Å². The van der Waals surface area contributed by atoms with Gasteiger partial charge in [0.2, 0.25) is 0 Å². The predicted molar refractivity (Wildman–Crippen MR) is 317 cm³/mol. The Labute approximate surface area is 456 Å². The molecule has 1 unspecified atom stereocenters. The Hall–Kier alpha value is -1.85. The third-order valence-electron chi connectivity index (χ3n) is 15.3. The van der Waals surface area contributed by atoms with Crippen molar-refractivity contribution in [1.82, 2.24) is 0 Å². The average Bonchev–Trinajstić information content (AvgIpc) is 3.39. The maximum absolute atomic E-state index is 12.9. The molecule has 0 aromatic carbocycles. The molecule has 0 aliphatic rings. The van der Waals surface area contributed by atoms with E-state index < -0.39 is 6.10 Å². The van der Waals surface area contributed by atoms with Crippen LogP contribution in [0.1, 0.15) is 380 Å². The monoisotopic (exact) mass is 1030 g/mol. The van der Waals surface area contributed by atoms with Crippen molar-refractivity contribution in [3.05, 3.63) is 12.2 Å². The van der Waals surface area contributed by atoms with Crippen LogP contribution in [0.5, 0.6) is 0 Å². The zero-order valence-corrected chi connectivity index (χ0v) is 49.7. The van der Waals surface area contributed by atoms with Crippen molar-refractivity contribution < 1.29 is 28.6 Å². The fourth-order valence-electron chi connectivity index (χ4n) is 10.3. The van der Waals surface area contributed by atoms with Crippen molar-refractivity contribution >= 4 is 17.9 Å². The van der Waals surface area contributed by atoms with Gasteiger partial charge in [0, 0.05) is 19.3 Å². The van der Waals surface area contributed by atoms with Gasteiger partial charge in [-0.05, 0) is 44.9 Å². The second-order valence-electron chi connectivity index (χ2n) is 22.7. The molecule has 73 heavy (non-hydrogen) atoms. The van der Waals surface area contributed by atoms with Crippen LogP contribution in [0.25, 0.3) is 0 Å². The lowest BCUT2D eigenvalue weighted by atomic mass is 10.0. The molecular weight excluding hydrogens is 901 g/mol. The van der Waals surface area contributed by atoms with Gasteiger partial charge < -0.3 is 14.2 Å². The number of hydrogen-bond donors (Lipinski definition) is 0. The highest BCUT2D eigenvalue weighted by Gasteiger charge is 2.19. The standard InChI is InChI=1S/C67H128O6/c1-4-7-10-13-16-19-22-25-27-29-30-31-32-33-34-35-36-37-39-40-42-45-48-51-54-57-60-66(69)72-63-64(62-71-65(68)59-56-53-50-47-44-24-21-18-15-12-9-6-3)73-67(70)61-58-55-52-49-46-43-41-38-28-26-23-20-17-14-11-8-5-2/h26,28,64H,4-25,27,29-63H2,1-3H3/b28-26-. The van der Waals surface area contributed by atoms with E-state index in [-0.39, 0.29) is 31.1 Å². The van der Waals surface area contributed by atoms with Crippen LogP contribution >= 0.6 is 0 Å². The fraction of sp³-hybridized carbons (Fsp3) is 0.925. The molecule has 0 N–H and O–H groups in total. The first-order chi connectivity index (χ1) is 36.0. The van der Waals surface area contributed by atoms with Gasteiger partial charge in [0.1, 0.15) is 13.2 Å². The van der Waals surface area contributed by atoms with Crippen LogP contribution < -0.4 is 0 Å². The van der Waals surface area contributed by atoms with Crippen molar-refractivity contribution in [3.8, 4) is 0 Å². The van der Waals surface area contributed by atoms with Gasteiger partial charge in [-0.25, -0.2) is 0 Å². The summed E-state index contributed by atoms with van der Waals surface area (Å²) >= 11 is 0. The number of carbonyl (C=O) groups is 3. The summed E-state index contributed by atoms with van der Waals surface area (Å²) in [5.74, 6) is -0.840. The molecule has 432 valence electrons. The SMILES string of the molecule is CCCCCCCC/C=C\CCCCCCCCCC(=O)OC(COC(=O)CCCCCCCCCCCCCC)COC(=O)CCCCCCCCCCCCCCCCCCCCCCCCCCCC. The second-order valence-corrected chi connectivity index (χ2v) is 22.7. The van der Waals surface area contributed by atoms with Crippen LogP contribution in [0.3, 0.4) is 0 Å². The number of allylic oxidation sites excluding steroid dienone is 2. The highest BCUT2D eigenvalue weighted by atomic mass is 16.6.